The van der Waals surface area contributed by atoms with Crippen molar-refractivity contribution < 1.29 is 9.15 Å². The summed E-state index contributed by atoms with van der Waals surface area (Å²) in [6.07, 6.45) is 1.06. The molecule has 2 aromatic carbocycles. The smallest absolute Gasteiger partial charge is 0.312 e. The molecule has 0 aliphatic heterocycles. The number of benzene rings is 2. The van der Waals surface area contributed by atoms with Crippen LogP contribution in [0.2, 0.25) is 0 Å². The maximum Gasteiger partial charge on any atom is 0.312 e. The maximum atomic E-state index is 6.05. The van der Waals surface area contributed by atoms with E-state index in [0.29, 0.717) is 31.0 Å². The van der Waals surface area contributed by atoms with Crippen molar-refractivity contribution in [1.82, 2.24) is 15.5 Å². The first kappa shape index (κ1) is 15.7. The molecule has 25 heavy (non-hydrogen) atoms. The molecule has 3 N–H and O–H groups in total. The predicted octanol–water partition coefficient (Wildman–Crippen LogP) is 2.88. The lowest BCUT2D eigenvalue weighted by atomic mass is 10.1. The van der Waals surface area contributed by atoms with Crippen molar-refractivity contribution in [1.29, 1.82) is 0 Å². The molecule has 1 aliphatic rings. The number of rotatable bonds is 7. The molecule has 0 bridgehead atoms. The summed E-state index contributed by atoms with van der Waals surface area (Å²) in [5, 5.41) is 11.0. The molecule has 1 aromatic heterocycles. The normalized spacial score (nSPS) is 18.9. The van der Waals surface area contributed by atoms with E-state index in [4.69, 9.17) is 14.9 Å². The van der Waals surface area contributed by atoms with Crippen LogP contribution in [0.5, 0.6) is 5.75 Å². The molecule has 0 radical (unpaired) electrons. The Morgan fingerprint density at radius 2 is 1.88 bits per heavy atom. The van der Waals surface area contributed by atoms with Crippen LogP contribution < -0.4 is 15.8 Å². The van der Waals surface area contributed by atoms with Crippen molar-refractivity contribution in [2.45, 2.75) is 31.5 Å². The van der Waals surface area contributed by atoms with Gasteiger partial charge in [0, 0.05) is 12.0 Å². The second kappa shape index (κ2) is 6.94. The van der Waals surface area contributed by atoms with E-state index in [-0.39, 0.29) is 6.01 Å². The second-order valence-electron chi connectivity index (χ2n) is 6.18. The van der Waals surface area contributed by atoms with E-state index < -0.39 is 0 Å². The van der Waals surface area contributed by atoms with Gasteiger partial charge in [-0.1, -0.05) is 53.6 Å². The van der Waals surface area contributed by atoms with Crippen LogP contribution in [0.15, 0.2) is 59.0 Å². The fraction of sp³-hybridized carbons (Fsp3) is 0.263. The van der Waals surface area contributed by atoms with Gasteiger partial charge < -0.3 is 20.2 Å². The average Bonchev–Trinajstić information content (AvgIpc) is 3.31. The van der Waals surface area contributed by atoms with E-state index in [9.17, 15) is 0 Å². The van der Waals surface area contributed by atoms with Gasteiger partial charge in [-0.3, -0.25) is 0 Å². The number of nitrogens with zero attached hydrogens (tertiary/aromatic N) is 2. The first-order valence-corrected chi connectivity index (χ1v) is 8.36. The minimum Gasteiger partial charge on any atom is -0.489 e. The van der Waals surface area contributed by atoms with E-state index in [1.165, 1.54) is 5.56 Å². The molecule has 2 unspecified atom stereocenters. The molecule has 0 amide bonds. The zero-order valence-electron chi connectivity index (χ0n) is 13.8. The Balaban J connectivity index is 1.36. The number of hydrogen-bond donors (Lipinski definition) is 2. The first-order valence-electron chi connectivity index (χ1n) is 8.36. The molecule has 1 heterocycles. The summed E-state index contributed by atoms with van der Waals surface area (Å²) in [6.45, 7) is 1.10. The molecule has 0 spiro atoms. The van der Waals surface area contributed by atoms with Crippen molar-refractivity contribution in [2.24, 2.45) is 0 Å². The highest BCUT2D eigenvalue weighted by Crippen LogP contribution is 2.44. The van der Waals surface area contributed by atoms with Crippen molar-refractivity contribution in [2.75, 3.05) is 5.73 Å². The van der Waals surface area contributed by atoms with E-state index in [1.807, 2.05) is 30.3 Å². The van der Waals surface area contributed by atoms with Gasteiger partial charge in [-0.05, 0) is 23.6 Å². The first-order chi connectivity index (χ1) is 12.3. The van der Waals surface area contributed by atoms with E-state index in [1.54, 1.807) is 0 Å². The molecule has 6 heteroatoms. The Bertz CT molecular complexity index is 834. The molecule has 128 valence electrons. The van der Waals surface area contributed by atoms with Crippen LogP contribution in [0.25, 0.3) is 0 Å². The van der Waals surface area contributed by atoms with Crippen molar-refractivity contribution in [3.05, 3.63) is 71.6 Å². The summed E-state index contributed by atoms with van der Waals surface area (Å²) in [5.41, 5.74) is 7.84. The summed E-state index contributed by atoms with van der Waals surface area (Å²) >= 11 is 0. The van der Waals surface area contributed by atoms with Crippen LogP contribution in [-0.4, -0.2) is 16.2 Å². The number of nitrogens with one attached hydrogen (secondary N) is 1. The van der Waals surface area contributed by atoms with Gasteiger partial charge in [0.2, 0.25) is 5.89 Å². The molecule has 6 nitrogen and oxygen atoms in total. The largest absolute Gasteiger partial charge is 0.489 e. The SMILES string of the molecule is Nc1nnc(CNC2CC2c2ccccc2OCc2ccccc2)o1. The lowest BCUT2D eigenvalue weighted by molar-refractivity contribution is 0.302. The van der Waals surface area contributed by atoms with Crippen LogP contribution in [0.4, 0.5) is 6.01 Å². The number of nitrogen functional groups attached to an aromatic ring is 1. The highest BCUT2D eigenvalue weighted by molar-refractivity contribution is 5.41. The molecule has 3 aromatic rings. The molecule has 1 saturated carbocycles. The summed E-state index contributed by atoms with van der Waals surface area (Å²) in [4.78, 5) is 0. The number of aromatic nitrogens is 2. The minimum absolute atomic E-state index is 0.101. The molecule has 0 saturated heterocycles. The Labute approximate surface area is 146 Å². The Hall–Kier alpha value is -2.86. The van der Waals surface area contributed by atoms with Crippen LogP contribution in [-0.2, 0) is 13.2 Å². The highest BCUT2D eigenvalue weighted by Gasteiger charge is 2.39. The average molecular weight is 336 g/mol. The standard InChI is InChI=1S/C19H20N4O2/c20-19-23-22-18(25-19)11-21-16-10-15(16)14-8-4-5-9-17(14)24-12-13-6-2-1-3-7-13/h1-9,15-16,21H,10-12H2,(H2,20,23). The summed E-state index contributed by atoms with van der Waals surface area (Å²) in [6, 6.07) is 18.9. The molecule has 1 fully saturated rings. The lowest BCUT2D eigenvalue weighted by Crippen LogP contribution is -2.17. The molecular formula is C19H20N4O2. The molecule has 1 aliphatic carbocycles. The number of para-hydroxylation sites is 1. The molecule has 4 rings (SSSR count). The Morgan fingerprint density at radius 1 is 1.08 bits per heavy atom. The third kappa shape index (κ3) is 3.80. The van der Waals surface area contributed by atoms with Gasteiger partial charge in [0.15, 0.2) is 0 Å². The van der Waals surface area contributed by atoms with Gasteiger partial charge in [-0.25, -0.2) is 0 Å². The minimum atomic E-state index is 0.101. The summed E-state index contributed by atoms with van der Waals surface area (Å²) in [5.74, 6) is 1.90. The number of hydrogen-bond acceptors (Lipinski definition) is 6. The fourth-order valence-electron chi connectivity index (χ4n) is 2.97. The van der Waals surface area contributed by atoms with Gasteiger partial charge in [0.05, 0.1) is 6.54 Å². The van der Waals surface area contributed by atoms with E-state index >= 15 is 0 Å². The van der Waals surface area contributed by atoms with E-state index in [0.717, 1.165) is 17.7 Å². The van der Waals surface area contributed by atoms with Crippen molar-refractivity contribution >= 4 is 6.01 Å². The number of ether oxygens (including phenoxy) is 1. The third-order valence-electron chi connectivity index (χ3n) is 4.34. The highest BCUT2D eigenvalue weighted by atomic mass is 16.5. The Kier molecular flexibility index (Phi) is 4.35. The van der Waals surface area contributed by atoms with Crippen LogP contribution >= 0.6 is 0 Å². The molecular weight excluding hydrogens is 316 g/mol. The van der Waals surface area contributed by atoms with Crippen LogP contribution in [0.3, 0.4) is 0 Å². The monoisotopic (exact) mass is 336 g/mol. The zero-order chi connectivity index (χ0) is 17.1. The van der Waals surface area contributed by atoms with Gasteiger partial charge >= 0.3 is 6.01 Å². The fourth-order valence-corrected chi connectivity index (χ4v) is 2.97. The second-order valence-corrected chi connectivity index (χ2v) is 6.18. The van der Waals surface area contributed by atoms with Crippen LogP contribution in [0.1, 0.15) is 29.4 Å². The van der Waals surface area contributed by atoms with E-state index in [2.05, 4.69) is 39.8 Å². The van der Waals surface area contributed by atoms with Crippen molar-refractivity contribution in [3.63, 3.8) is 0 Å². The van der Waals surface area contributed by atoms with Crippen LogP contribution in [0, 0.1) is 0 Å². The maximum absolute atomic E-state index is 6.05. The predicted molar refractivity (Wildman–Crippen MR) is 93.9 cm³/mol. The van der Waals surface area contributed by atoms with Crippen molar-refractivity contribution in [3.8, 4) is 5.75 Å². The van der Waals surface area contributed by atoms with Gasteiger partial charge in [-0.15, -0.1) is 5.10 Å². The molecule has 2 atom stereocenters. The van der Waals surface area contributed by atoms with Gasteiger partial charge in [0.1, 0.15) is 12.4 Å². The Morgan fingerprint density at radius 3 is 2.68 bits per heavy atom. The van der Waals surface area contributed by atoms with Gasteiger partial charge in [-0.2, -0.15) is 0 Å². The quantitative estimate of drug-likeness (QED) is 0.690. The number of nitrogens with two attached hydrogens (primary N) is 1. The zero-order valence-corrected chi connectivity index (χ0v) is 13.8. The number of anilines is 1. The van der Waals surface area contributed by atoms with Gasteiger partial charge in [0.25, 0.3) is 0 Å². The lowest BCUT2D eigenvalue weighted by Gasteiger charge is -2.11. The summed E-state index contributed by atoms with van der Waals surface area (Å²) in [7, 11) is 0. The summed E-state index contributed by atoms with van der Waals surface area (Å²) < 4.78 is 11.2. The third-order valence-corrected chi connectivity index (χ3v) is 4.34. The topological polar surface area (TPSA) is 86.2 Å².